The van der Waals surface area contributed by atoms with Crippen LogP contribution < -0.4 is 11.2 Å². The first-order chi connectivity index (χ1) is 12.4. The van der Waals surface area contributed by atoms with Gasteiger partial charge in [-0.15, -0.1) is 0 Å². The van der Waals surface area contributed by atoms with E-state index in [-0.39, 0.29) is 12.4 Å². The molecule has 1 aliphatic rings. The number of nitrogens with one attached hydrogen (secondary N) is 1. The fourth-order valence-electron chi connectivity index (χ4n) is 2.78. The Morgan fingerprint density at radius 3 is 2.73 bits per heavy atom. The zero-order valence-corrected chi connectivity index (χ0v) is 14.1. The van der Waals surface area contributed by atoms with Crippen molar-refractivity contribution in [2.24, 2.45) is 0 Å². The number of hydrogen-bond acceptors (Lipinski definition) is 7. The monoisotopic (exact) mass is 365 g/mol. The van der Waals surface area contributed by atoms with E-state index in [1.165, 1.54) is 12.3 Å². The van der Waals surface area contributed by atoms with Crippen LogP contribution in [0.4, 0.5) is 10.2 Å². The zero-order chi connectivity index (χ0) is 18.7. The summed E-state index contributed by atoms with van der Waals surface area (Å²) in [7, 11) is 0. The van der Waals surface area contributed by atoms with Gasteiger partial charge >= 0.3 is 5.69 Å². The number of rotatable bonds is 6. The summed E-state index contributed by atoms with van der Waals surface area (Å²) in [4.78, 5) is 21.3. The van der Waals surface area contributed by atoms with Gasteiger partial charge in [0.1, 0.15) is 12.2 Å². The van der Waals surface area contributed by atoms with Gasteiger partial charge in [-0.1, -0.05) is 30.3 Å². The molecule has 4 atom stereocenters. The Kier molecular flexibility index (Phi) is 5.33. The molecule has 26 heavy (non-hydrogen) atoms. The van der Waals surface area contributed by atoms with E-state index in [2.05, 4.69) is 10.5 Å². The van der Waals surface area contributed by atoms with E-state index in [1.807, 2.05) is 30.3 Å². The van der Waals surface area contributed by atoms with Crippen LogP contribution in [0, 0.1) is 0 Å². The van der Waals surface area contributed by atoms with E-state index in [9.17, 15) is 14.3 Å². The van der Waals surface area contributed by atoms with Crippen molar-refractivity contribution in [2.75, 3.05) is 12.1 Å². The first kappa shape index (κ1) is 18.5. The van der Waals surface area contributed by atoms with Crippen LogP contribution in [0.15, 0.2) is 47.4 Å². The molecule has 0 amide bonds. The number of hydrogen-bond donors (Lipinski definition) is 3. The molecule has 3 N–H and O–H groups in total. The Labute approximate surface area is 148 Å². The first-order valence-corrected chi connectivity index (χ1v) is 8.07. The molecule has 0 spiro atoms. The second-order valence-corrected chi connectivity index (χ2v) is 6.18. The number of anilines is 1. The molecule has 0 aliphatic carbocycles. The van der Waals surface area contributed by atoms with Gasteiger partial charge in [-0.25, -0.2) is 14.7 Å². The van der Waals surface area contributed by atoms with Crippen LogP contribution >= 0.6 is 0 Å². The van der Waals surface area contributed by atoms with E-state index in [0.29, 0.717) is 0 Å². The molecule has 140 valence electrons. The maximum atomic E-state index is 14.7. The fourth-order valence-corrected chi connectivity index (χ4v) is 2.78. The molecule has 2 unspecified atom stereocenters. The third kappa shape index (κ3) is 3.61. The van der Waals surface area contributed by atoms with Crippen molar-refractivity contribution in [2.45, 2.75) is 37.6 Å². The minimum atomic E-state index is -2.25. The van der Waals surface area contributed by atoms with Crippen LogP contribution in [0.3, 0.4) is 0 Å². The van der Waals surface area contributed by atoms with Crippen LogP contribution in [0.1, 0.15) is 18.7 Å². The number of halogens is 1. The molecule has 2 heterocycles. The van der Waals surface area contributed by atoms with E-state index in [1.54, 1.807) is 0 Å². The normalized spacial score (nSPS) is 28.2. The second-order valence-electron chi connectivity index (χ2n) is 6.18. The Balaban J connectivity index is 1.69. The summed E-state index contributed by atoms with van der Waals surface area (Å²) in [6.45, 7) is 0.816. The summed E-state index contributed by atoms with van der Waals surface area (Å²) < 4.78 is 21.0. The number of benzene rings is 1. The smallest absolute Gasteiger partial charge is 0.351 e. The molecule has 1 fully saturated rings. The molecule has 0 saturated carbocycles. The highest BCUT2D eigenvalue weighted by Crippen LogP contribution is 2.40. The Morgan fingerprint density at radius 2 is 2.12 bits per heavy atom. The topological polar surface area (TPSA) is 106 Å². The summed E-state index contributed by atoms with van der Waals surface area (Å²) in [6.07, 6.45) is -2.78. The SMILES string of the molecule is CC1(F)C(O)[C@@H](CO)O[C@H]1n1ccc(NOCc2ccccc2)nc1=O. The second kappa shape index (κ2) is 7.50. The molecule has 1 aromatic carbocycles. The van der Waals surface area contributed by atoms with Crippen LogP contribution in [-0.4, -0.2) is 44.2 Å². The Bertz CT molecular complexity index is 798. The van der Waals surface area contributed by atoms with Gasteiger partial charge < -0.3 is 14.9 Å². The molecule has 8 nitrogen and oxygen atoms in total. The average molecular weight is 365 g/mol. The van der Waals surface area contributed by atoms with E-state index < -0.39 is 36.4 Å². The maximum Gasteiger partial charge on any atom is 0.351 e. The third-order valence-electron chi connectivity index (χ3n) is 4.24. The van der Waals surface area contributed by atoms with Crippen LogP contribution in [0.2, 0.25) is 0 Å². The predicted octanol–water partition coefficient (Wildman–Crippen LogP) is 0.766. The predicted molar refractivity (Wildman–Crippen MR) is 89.9 cm³/mol. The van der Waals surface area contributed by atoms with Crippen molar-refractivity contribution in [3.8, 4) is 0 Å². The van der Waals surface area contributed by atoms with Crippen molar-refractivity contribution in [1.82, 2.24) is 9.55 Å². The van der Waals surface area contributed by atoms with Crippen LogP contribution in [0.5, 0.6) is 0 Å². The van der Waals surface area contributed by atoms with Gasteiger partial charge in [0.25, 0.3) is 0 Å². The zero-order valence-electron chi connectivity index (χ0n) is 14.1. The molecule has 1 aliphatic heterocycles. The molecule has 1 saturated heterocycles. The fraction of sp³-hybridized carbons (Fsp3) is 0.412. The summed E-state index contributed by atoms with van der Waals surface area (Å²) >= 11 is 0. The van der Waals surface area contributed by atoms with Gasteiger partial charge in [0.05, 0.1) is 13.2 Å². The van der Waals surface area contributed by atoms with Crippen molar-refractivity contribution in [3.63, 3.8) is 0 Å². The first-order valence-electron chi connectivity index (χ1n) is 8.07. The Hall–Kier alpha value is -2.33. The molecule has 0 radical (unpaired) electrons. The van der Waals surface area contributed by atoms with E-state index >= 15 is 0 Å². The minimum absolute atomic E-state index is 0.153. The van der Waals surface area contributed by atoms with Gasteiger partial charge in [0.15, 0.2) is 17.7 Å². The highest BCUT2D eigenvalue weighted by Gasteiger charge is 2.55. The maximum absolute atomic E-state index is 14.7. The molecular formula is C17H20FN3O5. The lowest BCUT2D eigenvalue weighted by Crippen LogP contribution is -2.42. The molecule has 2 aromatic rings. The number of aliphatic hydroxyl groups excluding tert-OH is 2. The number of nitrogens with zero attached hydrogens (tertiary/aromatic N) is 2. The third-order valence-corrected chi connectivity index (χ3v) is 4.24. The van der Waals surface area contributed by atoms with Gasteiger partial charge in [0.2, 0.25) is 0 Å². The molecule has 9 heteroatoms. The molecule has 0 bridgehead atoms. The van der Waals surface area contributed by atoms with Gasteiger partial charge in [0, 0.05) is 6.20 Å². The van der Waals surface area contributed by atoms with Crippen molar-refractivity contribution in [1.29, 1.82) is 0 Å². The van der Waals surface area contributed by atoms with Crippen molar-refractivity contribution < 1.29 is 24.2 Å². The summed E-state index contributed by atoms with van der Waals surface area (Å²) in [5.74, 6) is 0.153. The highest BCUT2D eigenvalue weighted by atomic mass is 19.1. The Morgan fingerprint density at radius 1 is 1.38 bits per heavy atom. The lowest BCUT2D eigenvalue weighted by atomic mass is 9.98. The summed E-state index contributed by atoms with van der Waals surface area (Å²) in [5, 5.41) is 19.0. The van der Waals surface area contributed by atoms with Gasteiger partial charge in [-0.05, 0) is 18.6 Å². The number of aliphatic hydroxyl groups is 2. The molecule has 1 aromatic heterocycles. The average Bonchev–Trinajstić information content (AvgIpc) is 2.86. The largest absolute Gasteiger partial charge is 0.394 e. The van der Waals surface area contributed by atoms with E-state index in [4.69, 9.17) is 14.7 Å². The number of ether oxygens (including phenoxy) is 1. The lowest BCUT2D eigenvalue weighted by molar-refractivity contribution is -0.0610. The van der Waals surface area contributed by atoms with Crippen LogP contribution in [0.25, 0.3) is 0 Å². The summed E-state index contributed by atoms with van der Waals surface area (Å²) in [5.41, 5.74) is 0.456. The minimum Gasteiger partial charge on any atom is -0.394 e. The standard InChI is InChI=1S/C17H20FN3O5/c1-17(18)14(23)12(9-22)26-15(17)21-8-7-13(19-16(21)24)20-25-10-11-5-3-2-4-6-11/h2-8,12,14-15,22-23H,9-10H2,1H3,(H,19,20,24)/t12-,14?,15-,17?/m1/s1. The van der Waals surface area contributed by atoms with Crippen molar-refractivity contribution in [3.05, 3.63) is 58.6 Å². The van der Waals surface area contributed by atoms with E-state index in [0.717, 1.165) is 17.1 Å². The number of aromatic nitrogens is 2. The molecular weight excluding hydrogens is 345 g/mol. The quantitative estimate of drug-likeness (QED) is 0.649. The number of alkyl halides is 1. The van der Waals surface area contributed by atoms with Gasteiger partial charge in [-0.3, -0.25) is 9.40 Å². The summed E-state index contributed by atoms with van der Waals surface area (Å²) in [6, 6.07) is 10.8. The highest BCUT2D eigenvalue weighted by molar-refractivity contribution is 5.29. The van der Waals surface area contributed by atoms with Crippen molar-refractivity contribution >= 4 is 5.82 Å². The van der Waals surface area contributed by atoms with Gasteiger partial charge in [-0.2, -0.15) is 4.98 Å². The lowest BCUT2D eigenvalue weighted by Gasteiger charge is -2.24. The van der Waals surface area contributed by atoms with Crippen LogP contribution in [-0.2, 0) is 16.2 Å². The molecule has 3 rings (SSSR count).